The van der Waals surface area contributed by atoms with Gasteiger partial charge in [0.05, 0.1) is 22.5 Å². The molecular formula is C39H40F3N5O4. The SMILES string of the molecule is CC1COc2c(N3CCN(C)CC3)c(F)cc3c(=O)c(C(=O)N4CCCC5(CCN(C(=O)c6ccc(-c7ccc(F)cc7)cc6F)C5)C4)cn1c23. The van der Waals surface area contributed by atoms with Crippen LogP contribution in [-0.4, -0.2) is 97.1 Å². The summed E-state index contributed by atoms with van der Waals surface area (Å²) in [6, 6.07) is 11.2. The van der Waals surface area contributed by atoms with E-state index in [9.17, 15) is 18.8 Å². The van der Waals surface area contributed by atoms with Crippen LogP contribution in [0.25, 0.3) is 22.0 Å². The lowest BCUT2D eigenvalue weighted by Crippen LogP contribution is -2.48. The van der Waals surface area contributed by atoms with Gasteiger partial charge in [0.15, 0.2) is 11.6 Å². The fraction of sp³-hybridized carbons (Fsp3) is 0.410. The minimum Gasteiger partial charge on any atom is -0.487 e. The summed E-state index contributed by atoms with van der Waals surface area (Å²) in [6.07, 6.45) is 3.72. The van der Waals surface area contributed by atoms with Gasteiger partial charge in [-0.15, -0.1) is 0 Å². The first-order valence-corrected chi connectivity index (χ1v) is 17.6. The number of anilines is 1. The predicted octanol–water partition coefficient (Wildman–Crippen LogP) is 5.56. The number of piperazine rings is 1. The number of likely N-dealkylation sites (tertiary alicyclic amines) is 2. The van der Waals surface area contributed by atoms with Crippen molar-refractivity contribution < 1.29 is 27.5 Å². The first-order chi connectivity index (χ1) is 24.5. The van der Waals surface area contributed by atoms with Crippen LogP contribution in [0.1, 0.15) is 52.9 Å². The minimum atomic E-state index is -0.654. The molecule has 0 N–H and O–H groups in total. The summed E-state index contributed by atoms with van der Waals surface area (Å²) >= 11 is 0. The molecule has 0 bridgehead atoms. The highest BCUT2D eigenvalue weighted by Crippen LogP contribution is 2.43. The van der Waals surface area contributed by atoms with Crippen LogP contribution in [0.5, 0.6) is 5.75 Å². The van der Waals surface area contributed by atoms with E-state index in [0.29, 0.717) is 80.2 Å². The number of rotatable bonds is 4. The molecule has 3 aromatic carbocycles. The van der Waals surface area contributed by atoms with E-state index < -0.39 is 34.3 Å². The summed E-state index contributed by atoms with van der Waals surface area (Å²) in [5, 5.41) is 0.120. The summed E-state index contributed by atoms with van der Waals surface area (Å²) in [4.78, 5) is 49.2. The molecule has 266 valence electrons. The molecule has 0 radical (unpaired) electrons. The van der Waals surface area contributed by atoms with Gasteiger partial charge in [0.2, 0.25) is 5.43 Å². The number of piperidine rings is 1. The molecule has 2 amide bonds. The van der Waals surface area contributed by atoms with Crippen molar-refractivity contribution >= 4 is 28.4 Å². The van der Waals surface area contributed by atoms with E-state index in [4.69, 9.17) is 4.74 Å². The molecule has 5 heterocycles. The smallest absolute Gasteiger partial charge is 0.259 e. The number of hydrogen-bond donors (Lipinski definition) is 0. The van der Waals surface area contributed by atoms with Crippen molar-refractivity contribution in [3.63, 3.8) is 0 Å². The monoisotopic (exact) mass is 699 g/mol. The standard InChI is InChI=1S/C39H40F3N5O4/c1-24-21-51-36-33-29(19-32(42)34(36)44-16-14-43(2)15-17-44)35(48)30(20-47(24)33)38(50)45-12-3-10-39(22-45)11-13-46(23-39)37(49)28-9-6-26(18-31(28)41)25-4-7-27(40)8-5-25/h4-9,18-20,24H,3,10-17,21-23H2,1-2H3. The van der Waals surface area contributed by atoms with E-state index in [1.54, 1.807) is 34.2 Å². The van der Waals surface area contributed by atoms with Crippen LogP contribution in [0.2, 0.25) is 0 Å². The summed E-state index contributed by atoms with van der Waals surface area (Å²) < 4.78 is 52.5. The zero-order valence-corrected chi connectivity index (χ0v) is 28.8. The van der Waals surface area contributed by atoms with E-state index >= 15 is 8.78 Å². The van der Waals surface area contributed by atoms with Gasteiger partial charge in [-0.2, -0.15) is 0 Å². The van der Waals surface area contributed by atoms with E-state index in [0.717, 1.165) is 19.5 Å². The topological polar surface area (TPSA) is 78.3 Å². The van der Waals surface area contributed by atoms with Gasteiger partial charge >= 0.3 is 0 Å². The maximum Gasteiger partial charge on any atom is 0.259 e. The number of nitrogens with zero attached hydrogens (tertiary/aromatic N) is 5. The Labute approximate surface area is 293 Å². The molecule has 0 saturated carbocycles. The average molecular weight is 700 g/mol. The van der Waals surface area contributed by atoms with Gasteiger partial charge in [-0.05, 0) is 74.7 Å². The fourth-order valence-corrected chi connectivity index (χ4v) is 8.36. The van der Waals surface area contributed by atoms with Gasteiger partial charge in [-0.3, -0.25) is 14.4 Å². The number of aromatic nitrogens is 1. The molecule has 0 aliphatic carbocycles. The normalized spacial score (nSPS) is 22.1. The van der Waals surface area contributed by atoms with Crippen molar-refractivity contribution in [2.45, 2.75) is 32.2 Å². The third-order valence-electron chi connectivity index (χ3n) is 11.2. The summed E-state index contributed by atoms with van der Waals surface area (Å²) in [5.74, 6) is -2.08. The Morgan fingerprint density at radius 2 is 1.49 bits per heavy atom. The van der Waals surface area contributed by atoms with Crippen LogP contribution in [0, 0.1) is 22.9 Å². The third-order valence-corrected chi connectivity index (χ3v) is 11.2. The first kappa shape index (κ1) is 33.3. The number of carbonyl (C=O) groups excluding carboxylic acids is 2. The molecular weight excluding hydrogens is 659 g/mol. The van der Waals surface area contributed by atoms with Crippen LogP contribution in [-0.2, 0) is 0 Å². The zero-order chi connectivity index (χ0) is 35.6. The molecule has 2 unspecified atom stereocenters. The predicted molar refractivity (Wildman–Crippen MR) is 188 cm³/mol. The number of pyridine rings is 1. The van der Waals surface area contributed by atoms with Crippen LogP contribution in [0.4, 0.5) is 18.9 Å². The van der Waals surface area contributed by atoms with E-state index in [-0.39, 0.29) is 35.0 Å². The van der Waals surface area contributed by atoms with Gasteiger partial charge in [0.1, 0.15) is 29.5 Å². The highest BCUT2D eigenvalue weighted by molar-refractivity contribution is 6.00. The number of hydrogen-bond acceptors (Lipinski definition) is 6. The molecule has 51 heavy (non-hydrogen) atoms. The number of ether oxygens (including phenoxy) is 1. The molecule has 8 rings (SSSR count). The maximum atomic E-state index is 15.9. The second-order valence-corrected chi connectivity index (χ2v) is 14.7. The Bertz CT molecular complexity index is 2110. The van der Waals surface area contributed by atoms with Gasteiger partial charge in [0, 0.05) is 64.0 Å². The van der Waals surface area contributed by atoms with Crippen molar-refractivity contribution in [2.75, 3.05) is 70.9 Å². The molecule has 4 aliphatic heterocycles. The molecule has 2 atom stereocenters. The molecule has 4 aliphatic rings. The lowest BCUT2D eigenvalue weighted by atomic mass is 9.79. The van der Waals surface area contributed by atoms with Crippen molar-refractivity contribution in [2.24, 2.45) is 5.41 Å². The largest absolute Gasteiger partial charge is 0.487 e. The van der Waals surface area contributed by atoms with Crippen molar-refractivity contribution in [1.29, 1.82) is 0 Å². The van der Waals surface area contributed by atoms with E-state index in [1.807, 2.05) is 23.4 Å². The molecule has 3 fully saturated rings. The minimum absolute atomic E-state index is 0.0137. The average Bonchev–Trinajstić information content (AvgIpc) is 3.53. The Hall–Kier alpha value is -4.84. The molecule has 3 saturated heterocycles. The quantitative estimate of drug-likeness (QED) is 0.278. The van der Waals surface area contributed by atoms with Crippen molar-refractivity contribution in [3.8, 4) is 16.9 Å². The second-order valence-electron chi connectivity index (χ2n) is 14.7. The Kier molecular flexibility index (Phi) is 8.32. The zero-order valence-electron chi connectivity index (χ0n) is 28.8. The van der Waals surface area contributed by atoms with Gasteiger partial charge in [0.25, 0.3) is 11.8 Å². The van der Waals surface area contributed by atoms with E-state index in [2.05, 4.69) is 4.90 Å². The fourth-order valence-electron chi connectivity index (χ4n) is 8.36. The maximum absolute atomic E-state index is 15.9. The van der Waals surface area contributed by atoms with Gasteiger partial charge < -0.3 is 28.9 Å². The molecule has 1 spiro atoms. The lowest BCUT2D eigenvalue weighted by Gasteiger charge is -2.40. The van der Waals surface area contributed by atoms with Crippen LogP contribution >= 0.6 is 0 Å². The lowest BCUT2D eigenvalue weighted by molar-refractivity contribution is 0.0513. The highest BCUT2D eigenvalue weighted by Gasteiger charge is 2.45. The van der Waals surface area contributed by atoms with Gasteiger partial charge in [-0.1, -0.05) is 18.2 Å². The Morgan fingerprint density at radius 3 is 2.22 bits per heavy atom. The number of likely N-dealkylation sites (N-methyl/N-ethyl adjacent to an activating group) is 1. The van der Waals surface area contributed by atoms with E-state index in [1.165, 1.54) is 30.3 Å². The molecule has 9 nitrogen and oxygen atoms in total. The molecule has 1 aromatic heterocycles. The number of benzene rings is 3. The van der Waals surface area contributed by atoms with Gasteiger partial charge in [-0.25, -0.2) is 13.2 Å². The molecule has 12 heteroatoms. The van der Waals surface area contributed by atoms with Crippen LogP contribution < -0.4 is 15.1 Å². The second kappa shape index (κ2) is 12.7. The summed E-state index contributed by atoms with van der Waals surface area (Å²) in [6.45, 7) is 6.60. The van der Waals surface area contributed by atoms with Crippen LogP contribution in [0.3, 0.4) is 0 Å². The van der Waals surface area contributed by atoms with Crippen molar-refractivity contribution in [3.05, 3.63) is 93.5 Å². The number of halogens is 3. The number of carbonyl (C=O) groups is 2. The van der Waals surface area contributed by atoms with Crippen molar-refractivity contribution in [1.82, 2.24) is 19.3 Å². The third kappa shape index (κ3) is 5.83. The Morgan fingerprint density at radius 1 is 0.804 bits per heavy atom. The Balaban J connectivity index is 1.04. The number of amides is 2. The first-order valence-electron chi connectivity index (χ1n) is 17.6. The summed E-state index contributed by atoms with van der Waals surface area (Å²) in [7, 11) is 2.03. The highest BCUT2D eigenvalue weighted by atomic mass is 19.1. The summed E-state index contributed by atoms with van der Waals surface area (Å²) in [5.41, 5.74) is 1.06. The molecule has 4 aromatic rings. The van der Waals surface area contributed by atoms with Crippen LogP contribution in [0.15, 0.2) is 59.5 Å².